The lowest BCUT2D eigenvalue weighted by Gasteiger charge is -2.06. The molecule has 0 saturated carbocycles. The Morgan fingerprint density at radius 3 is 2.70 bits per heavy atom. The molecule has 1 aromatic carbocycles. The van der Waals surface area contributed by atoms with Gasteiger partial charge < -0.3 is 10.4 Å². The van der Waals surface area contributed by atoms with Crippen LogP contribution >= 0.6 is 15.9 Å². The SMILES string of the molecule is O=C(Nc1ccc([N+](=O)[O-])c(Br)c1)c1cncc(O)c1. The molecule has 2 N–H and O–H groups in total. The van der Waals surface area contributed by atoms with Crippen LogP contribution in [0.4, 0.5) is 11.4 Å². The number of anilines is 1. The number of carbonyl (C=O) groups excluding carboxylic acids is 1. The van der Waals surface area contributed by atoms with Crippen LogP contribution in [0.2, 0.25) is 0 Å². The van der Waals surface area contributed by atoms with Gasteiger partial charge in [0.1, 0.15) is 5.75 Å². The number of aromatic nitrogens is 1. The summed E-state index contributed by atoms with van der Waals surface area (Å²) in [6.45, 7) is 0. The fraction of sp³-hybridized carbons (Fsp3) is 0. The van der Waals surface area contributed by atoms with Crippen LogP contribution in [-0.2, 0) is 0 Å². The summed E-state index contributed by atoms with van der Waals surface area (Å²) in [7, 11) is 0. The zero-order valence-corrected chi connectivity index (χ0v) is 11.5. The zero-order chi connectivity index (χ0) is 14.7. The van der Waals surface area contributed by atoms with Crippen molar-refractivity contribution in [2.45, 2.75) is 0 Å². The smallest absolute Gasteiger partial charge is 0.283 e. The Kier molecular flexibility index (Phi) is 3.94. The van der Waals surface area contributed by atoms with E-state index in [9.17, 15) is 20.0 Å². The van der Waals surface area contributed by atoms with Gasteiger partial charge in [0.25, 0.3) is 11.6 Å². The van der Waals surface area contributed by atoms with Crippen molar-refractivity contribution in [3.05, 3.63) is 56.8 Å². The Hall–Kier alpha value is -2.48. The highest BCUT2D eigenvalue weighted by atomic mass is 79.9. The summed E-state index contributed by atoms with van der Waals surface area (Å²) < 4.78 is 0.259. The lowest BCUT2D eigenvalue weighted by molar-refractivity contribution is -0.385. The lowest BCUT2D eigenvalue weighted by Crippen LogP contribution is -2.12. The molecule has 1 heterocycles. The molecule has 2 aromatic rings. The van der Waals surface area contributed by atoms with E-state index in [1.807, 2.05) is 0 Å². The van der Waals surface area contributed by atoms with Crippen molar-refractivity contribution in [3.63, 3.8) is 0 Å². The molecule has 0 unspecified atom stereocenters. The number of carbonyl (C=O) groups is 1. The van der Waals surface area contributed by atoms with E-state index >= 15 is 0 Å². The molecule has 20 heavy (non-hydrogen) atoms. The molecule has 2 rings (SSSR count). The summed E-state index contributed by atoms with van der Waals surface area (Å²) in [6, 6.07) is 5.38. The first-order valence-corrected chi connectivity index (χ1v) is 6.16. The highest BCUT2D eigenvalue weighted by Gasteiger charge is 2.13. The number of benzene rings is 1. The van der Waals surface area contributed by atoms with E-state index in [4.69, 9.17) is 0 Å². The highest BCUT2D eigenvalue weighted by molar-refractivity contribution is 9.10. The number of amides is 1. The van der Waals surface area contributed by atoms with Crippen molar-refractivity contribution in [1.82, 2.24) is 4.98 Å². The van der Waals surface area contributed by atoms with Gasteiger partial charge in [-0.25, -0.2) is 0 Å². The summed E-state index contributed by atoms with van der Waals surface area (Å²) >= 11 is 3.06. The van der Waals surface area contributed by atoms with E-state index in [0.717, 1.165) is 0 Å². The van der Waals surface area contributed by atoms with Gasteiger partial charge in [-0.2, -0.15) is 0 Å². The largest absolute Gasteiger partial charge is 0.506 e. The number of halogens is 1. The predicted molar refractivity (Wildman–Crippen MR) is 74.7 cm³/mol. The number of nitro benzene ring substituents is 1. The maximum absolute atomic E-state index is 11.9. The van der Waals surface area contributed by atoms with Gasteiger partial charge in [-0.1, -0.05) is 0 Å². The van der Waals surface area contributed by atoms with Gasteiger partial charge in [-0.3, -0.25) is 19.9 Å². The van der Waals surface area contributed by atoms with Gasteiger partial charge in [-0.15, -0.1) is 0 Å². The monoisotopic (exact) mass is 337 g/mol. The standard InChI is InChI=1S/C12H8BrN3O4/c13-10-4-8(1-2-11(10)16(19)20)15-12(18)7-3-9(17)6-14-5-7/h1-6,17H,(H,15,18). The third-order valence-electron chi connectivity index (χ3n) is 2.39. The third kappa shape index (κ3) is 3.09. The first-order chi connectivity index (χ1) is 9.47. The van der Waals surface area contributed by atoms with Crippen LogP contribution < -0.4 is 5.32 Å². The molecule has 0 aliphatic carbocycles. The molecule has 0 aliphatic heterocycles. The normalized spacial score (nSPS) is 10.1. The van der Waals surface area contributed by atoms with Crippen LogP contribution in [0.3, 0.4) is 0 Å². The number of nitrogens with zero attached hydrogens (tertiary/aromatic N) is 2. The van der Waals surface area contributed by atoms with Crippen molar-refractivity contribution >= 4 is 33.2 Å². The first kappa shape index (κ1) is 13.9. The maximum Gasteiger partial charge on any atom is 0.283 e. The molecule has 0 fully saturated rings. The topological polar surface area (TPSA) is 105 Å². The second kappa shape index (κ2) is 5.66. The Balaban J connectivity index is 2.20. The molecule has 0 saturated heterocycles. The van der Waals surface area contributed by atoms with Crippen molar-refractivity contribution in [3.8, 4) is 5.75 Å². The predicted octanol–water partition coefficient (Wildman–Crippen LogP) is 2.71. The number of nitro groups is 1. The summed E-state index contributed by atoms with van der Waals surface area (Å²) in [6.07, 6.45) is 2.51. The van der Waals surface area contributed by atoms with E-state index < -0.39 is 10.8 Å². The second-order valence-electron chi connectivity index (χ2n) is 3.81. The Morgan fingerprint density at radius 1 is 1.35 bits per heavy atom. The quantitative estimate of drug-likeness (QED) is 0.661. The number of aromatic hydroxyl groups is 1. The molecular formula is C12H8BrN3O4. The minimum absolute atomic E-state index is 0.0954. The average Bonchev–Trinajstić information content (AvgIpc) is 2.38. The van der Waals surface area contributed by atoms with Crippen LogP contribution in [0.5, 0.6) is 5.75 Å². The Labute approximate surface area is 121 Å². The Bertz CT molecular complexity index is 690. The Morgan fingerprint density at radius 2 is 2.10 bits per heavy atom. The molecule has 7 nitrogen and oxygen atoms in total. The summed E-state index contributed by atoms with van der Waals surface area (Å²) in [4.78, 5) is 25.7. The van der Waals surface area contributed by atoms with Crippen LogP contribution in [0.15, 0.2) is 41.1 Å². The van der Waals surface area contributed by atoms with Crippen molar-refractivity contribution in [1.29, 1.82) is 0 Å². The van der Waals surface area contributed by atoms with E-state index in [-0.39, 0.29) is 21.5 Å². The fourth-order valence-corrected chi connectivity index (χ4v) is 2.01. The molecule has 0 bridgehead atoms. The van der Waals surface area contributed by atoms with Gasteiger partial charge in [0.2, 0.25) is 0 Å². The van der Waals surface area contributed by atoms with E-state index in [2.05, 4.69) is 26.2 Å². The van der Waals surface area contributed by atoms with E-state index in [1.54, 1.807) is 0 Å². The lowest BCUT2D eigenvalue weighted by atomic mass is 10.2. The van der Waals surface area contributed by atoms with Gasteiger partial charge in [0.15, 0.2) is 0 Å². The molecular weight excluding hydrogens is 330 g/mol. The zero-order valence-electron chi connectivity index (χ0n) is 9.91. The van der Waals surface area contributed by atoms with Gasteiger partial charge >= 0.3 is 0 Å². The van der Waals surface area contributed by atoms with Crippen molar-refractivity contribution < 1.29 is 14.8 Å². The van der Waals surface area contributed by atoms with Crippen LogP contribution in [-0.4, -0.2) is 20.9 Å². The van der Waals surface area contributed by atoms with Gasteiger partial charge in [0.05, 0.1) is 21.2 Å². The molecule has 0 radical (unpaired) electrons. The van der Waals surface area contributed by atoms with Gasteiger partial charge in [0, 0.05) is 18.0 Å². The average molecular weight is 338 g/mol. The molecule has 0 atom stereocenters. The van der Waals surface area contributed by atoms with Gasteiger partial charge in [-0.05, 0) is 34.1 Å². The summed E-state index contributed by atoms with van der Waals surface area (Å²) in [5, 5.41) is 22.5. The number of hydrogen-bond acceptors (Lipinski definition) is 5. The molecule has 102 valence electrons. The number of nitrogens with one attached hydrogen (secondary N) is 1. The van der Waals surface area contributed by atoms with Crippen LogP contribution in [0.1, 0.15) is 10.4 Å². The summed E-state index contributed by atoms with van der Waals surface area (Å²) in [5.74, 6) is -0.600. The minimum atomic E-state index is -0.533. The van der Waals surface area contributed by atoms with E-state index in [0.29, 0.717) is 5.69 Å². The van der Waals surface area contributed by atoms with Crippen LogP contribution in [0, 0.1) is 10.1 Å². The minimum Gasteiger partial charge on any atom is -0.506 e. The summed E-state index contributed by atoms with van der Waals surface area (Å²) in [5.41, 5.74) is 0.470. The number of hydrogen-bond donors (Lipinski definition) is 2. The molecule has 0 aliphatic rings. The first-order valence-electron chi connectivity index (χ1n) is 5.36. The molecule has 8 heteroatoms. The molecule has 0 spiro atoms. The number of pyridine rings is 1. The third-order valence-corrected chi connectivity index (χ3v) is 3.02. The molecule has 1 aromatic heterocycles. The number of rotatable bonds is 3. The van der Waals surface area contributed by atoms with E-state index in [1.165, 1.54) is 36.7 Å². The fourth-order valence-electron chi connectivity index (χ4n) is 1.49. The van der Waals surface area contributed by atoms with Crippen molar-refractivity contribution in [2.24, 2.45) is 0 Å². The second-order valence-corrected chi connectivity index (χ2v) is 4.66. The molecule has 1 amide bonds. The van der Waals surface area contributed by atoms with Crippen LogP contribution in [0.25, 0.3) is 0 Å². The van der Waals surface area contributed by atoms with Crippen molar-refractivity contribution in [2.75, 3.05) is 5.32 Å². The maximum atomic E-state index is 11.9. The highest BCUT2D eigenvalue weighted by Crippen LogP contribution is 2.27.